The summed E-state index contributed by atoms with van der Waals surface area (Å²) < 4.78 is 13.3. The van der Waals surface area contributed by atoms with Gasteiger partial charge in [0, 0.05) is 13.5 Å². The summed E-state index contributed by atoms with van der Waals surface area (Å²) in [5.74, 6) is 2.00. The van der Waals surface area contributed by atoms with Gasteiger partial charge in [-0.25, -0.2) is 0 Å². The molecular formula is C18H24N4O3S. The number of rotatable bonds is 6. The fourth-order valence-electron chi connectivity index (χ4n) is 2.76. The second-order valence-electron chi connectivity index (χ2n) is 6.56. The van der Waals surface area contributed by atoms with E-state index >= 15 is 0 Å². The lowest BCUT2D eigenvalue weighted by Crippen LogP contribution is -2.33. The third-order valence-electron chi connectivity index (χ3n) is 4.12. The molecule has 0 fully saturated rings. The van der Waals surface area contributed by atoms with Crippen LogP contribution in [0.2, 0.25) is 0 Å². The van der Waals surface area contributed by atoms with Crippen LogP contribution in [0.4, 0.5) is 0 Å². The number of benzene rings is 1. The first-order chi connectivity index (χ1) is 12.5. The van der Waals surface area contributed by atoms with Gasteiger partial charge < -0.3 is 19.4 Å². The molecule has 1 amide bonds. The van der Waals surface area contributed by atoms with Gasteiger partial charge in [-0.15, -0.1) is 10.2 Å². The van der Waals surface area contributed by atoms with Crippen molar-refractivity contribution < 1.29 is 14.3 Å². The molecule has 2 aromatic rings. The lowest BCUT2D eigenvalue weighted by molar-refractivity contribution is -0.119. The molecule has 3 rings (SSSR count). The van der Waals surface area contributed by atoms with E-state index in [1.165, 1.54) is 11.8 Å². The third kappa shape index (κ3) is 4.49. The maximum atomic E-state index is 12.4. The van der Waals surface area contributed by atoms with E-state index in [2.05, 4.69) is 29.4 Å². The number of thioether (sulfide) groups is 1. The number of aryl methyl sites for hydroxylation is 1. The number of fused-ring (bicyclic) bond motifs is 1. The van der Waals surface area contributed by atoms with Gasteiger partial charge in [0.1, 0.15) is 6.33 Å². The van der Waals surface area contributed by atoms with Crippen LogP contribution in [0.5, 0.6) is 11.5 Å². The quantitative estimate of drug-likeness (QED) is 0.781. The summed E-state index contributed by atoms with van der Waals surface area (Å²) in [7, 11) is 1.86. The lowest BCUT2D eigenvalue weighted by atomic mass is 9.95. The van der Waals surface area contributed by atoms with Gasteiger partial charge in [-0.1, -0.05) is 31.7 Å². The number of carbonyl (C=O) groups is 1. The highest BCUT2D eigenvalue weighted by Gasteiger charge is 2.21. The summed E-state index contributed by atoms with van der Waals surface area (Å²) in [5.41, 5.74) is 1.02. The highest BCUT2D eigenvalue weighted by Crippen LogP contribution is 2.34. The molecule has 7 nitrogen and oxygen atoms in total. The molecule has 26 heavy (non-hydrogen) atoms. The van der Waals surface area contributed by atoms with E-state index in [0.29, 0.717) is 19.0 Å². The van der Waals surface area contributed by atoms with Gasteiger partial charge in [0.05, 0.1) is 25.0 Å². The third-order valence-corrected chi connectivity index (χ3v) is 5.15. The zero-order valence-corrected chi connectivity index (χ0v) is 16.1. The molecule has 1 aliphatic rings. The van der Waals surface area contributed by atoms with Crippen LogP contribution in [-0.2, 0) is 11.8 Å². The molecule has 0 saturated heterocycles. The van der Waals surface area contributed by atoms with E-state index in [9.17, 15) is 4.79 Å². The van der Waals surface area contributed by atoms with Gasteiger partial charge in [0.15, 0.2) is 16.7 Å². The summed E-state index contributed by atoms with van der Waals surface area (Å²) >= 11 is 1.37. The molecule has 1 N–H and O–H groups in total. The number of ether oxygens (including phenoxy) is 2. The van der Waals surface area contributed by atoms with Crippen molar-refractivity contribution in [2.75, 3.05) is 19.0 Å². The summed E-state index contributed by atoms with van der Waals surface area (Å²) in [6.45, 7) is 5.48. The lowest BCUT2D eigenvalue weighted by Gasteiger charge is -2.23. The monoisotopic (exact) mass is 376 g/mol. The molecule has 2 heterocycles. The van der Waals surface area contributed by atoms with Crippen LogP contribution in [0.25, 0.3) is 0 Å². The topological polar surface area (TPSA) is 78.3 Å². The first-order valence-electron chi connectivity index (χ1n) is 8.70. The van der Waals surface area contributed by atoms with Crippen LogP contribution in [0.1, 0.15) is 31.9 Å². The summed E-state index contributed by atoms with van der Waals surface area (Å²) in [6.07, 6.45) is 2.49. The number of nitrogens with zero attached hydrogens (tertiary/aromatic N) is 3. The van der Waals surface area contributed by atoms with Crippen molar-refractivity contribution in [1.82, 2.24) is 20.1 Å². The Labute approximate surface area is 157 Å². The molecule has 0 radical (unpaired) electrons. The number of nitrogens with one attached hydrogen (secondary N) is 1. The minimum absolute atomic E-state index is 0.0381. The minimum atomic E-state index is -0.0975. The first kappa shape index (κ1) is 18.6. The zero-order valence-electron chi connectivity index (χ0n) is 15.3. The second kappa shape index (κ2) is 8.44. The summed E-state index contributed by atoms with van der Waals surface area (Å²) in [6, 6.07) is 5.79. The average molecular weight is 376 g/mol. The maximum Gasteiger partial charge on any atom is 0.230 e. The van der Waals surface area contributed by atoms with Crippen molar-refractivity contribution in [3.05, 3.63) is 30.1 Å². The molecule has 1 aliphatic heterocycles. The van der Waals surface area contributed by atoms with Crippen molar-refractivity contribution in [2.45, 2.75) is 31.5 Å². The van der Waals surface area contributed by atoms with Crippen LogP contribution in [0.3, 0.4) is 0 Å². The Morgan fingerprint density at radius 2 is 2.08 bits per heavy atom. The van der Waals surface area contributed by atoms with Gasteiger partial charge in [-0.2, -0.15) is 0 Å². The standard InChI is InChI=1S/C18H24N4O3S/c1-12(2)17(20-16(23)10-26-18-21-19-11-22(18)3)13-5-6-14-15(9-13)25-8-4-7-24-14/h5-6,9,11-12,17H,4,7-8,10H2,1-3H3,(H,20,23). The smallest absolute Gasteiger partial charge is 0.230 e. The highest BCUT2D eigenvalue weighted by molar-refractivity contribution is 7.99. The Balaban J connectivity index is 1.68. The minimum Gasteiger partial charge on any atom is -0.490 e. The van der Waals surface area contributed by atoms with Crippen molar-refractivity contribution in [3.8, 4) is 11.5 Å². The molecule has 1 aromatic carbocycles. The van der Waals surface area contributed by atoms with Gasteiger partial charge in [0.2, 0.25) is 5.91 Å². The molecule has 8 heteroatoms. The van der Waals surface area contributed by atoms with Crippen LogP contribution >= 0.6 is 11.8 Å². The number of carbonyl (C=O) groups excluding carboxylic acids is 1. The van der Waals surface area contributed by atoms with Crippen molar-refractivity contribution in [1.29, 1.82) is 0 Å². The molecule has 1 unspecified atom stereocenters. The molecule has 1 aromatic heterocycles. The highest BCUT2D eigenvalue weighted by atomic mass is 32.2. The molecule has 0 aliphatic carbocycles. The van der Waals surface area contributed by atoms with Gasteiger partial charge >= 0.3 is 0 Å². The van der Waals surface area contributed by atoms with Crippen LogP contribution in [0, 0.1) is 5.92 Å². The van der Waals surface area contributed by atoms with Gasteiger partial charge in [0.25, 0.3) is 0 Å². The number of hydrogen-bond donors (Lipinski definition) is 1. The number of hydrogen-bond acceptors (Lipinski definition) is 6. The van der Waals surface area contributed by atoms with E-state index in [4.69, 9.17) is 9.47 Å². The molecule has 0 bridgehead atoms. The SMILES string of the molecule is CC(C)C(NC(=O)CSc1nncn1C)c1ccc2c(c1)OCCCO2. The number of amides is 1. The maximum absolute atomic E-state index is 12.4. The van der Waals surface area contributed by atoms with Crippen molar-refractivity contribution in [3.63, 3.8) is 0 Å². The number of aromatic nitrogens is 3. The van der Waals surface area contributed by atoms with Crippen LogP contribution < -0.4 is 14.8 Å². The van der Waals surface area contributed by atoms with E-state index in [1.54, 1.807) is 10.9 Å². The first-order valence-corrected chi connectivity index (χ1v) is 9.69. The van der Waals surface area contributed by atoms with E-state index in [-0.39, 0.29) is 17.9 Å². The summed E-state index contributed by atoms with van der Waals surface area (Å²) in [4.78, 5) is 12.4. The molecule has 1 atom stereocenters. The van der Waals surface area contributed by atoms with Gasteiger partial charge in [-0.3, -0.25) is 4.79 Å². The van der Waals surface area contributed by atoms with Crippen molar-refractivity contribution in [2.24, 2.45) is 13.0 Å². The average Bonchev–Trinajstić information content (AvgIpc) is 2.89. The second-order valence-corrected chi connectivity index (χ2v) is 7.50. The van der Waals surface area contributed by atoms with E-state index < -0.39 is 0 Å². The Hall–Kier alpha value is -2.22. The Morgan fingerprint density at radius 1 is 1.31 bits per heavy atom. The van der Waals surface area contributed by atoms with E-state index in [0.717, 1.165) is 28.6 Å². The Morgan fingerprint density at radius 3 is 2.77 bits per heavy atom. The van der Waals surface area contributed by atoms with Crippen LogP contribution in [-0.4, -0.2) is 39.6 Å². The Bertz CT molecular complexity index is 763. The zero-order chi connectivity index (χ0) is 18.5. The fourth-order valence-corrected chi connectivity index (χ4v) is 3.46. The predicted octanol–water partition coefficient (Wildman–Crippen LogP) is 2.58. The van der Waals surface area contributed by atoms with Gasteiger partial charge in [-0.05, 0) is 23.6 Å². The molecule has 0 spiro atoms. The predicted molar refractivity (Wildman–Crippen MR) is 99.5 cm³/mol. The fraction of sp³-hybridized carbons (Fsp3) is 0.500. The van der Waals surface area contributed by atoms with Crippen LogP contribution in [0.15, 0.2) is 29.7 Å². The molecular weight excluding hydrogens is 352 g/mol. The molecule has 0 saturated carbocycles. The normalized spacial score (nSPS) is 14.8. The van der Waals surface area contributed by atoms with Crippen molar-refractivity contribution >= 4 is 17.7 Å². The molecule has 140 valence electrons. The summed E-state index contributed by atoms with van der Waals surface area (Å²) in [5, 5.41) is 11.6. The Kier molecular flexibility index (Phi) is 6.03. The largest absolute Gasteiger partial charge is 0.490 e. The van der Waals surface area contributed by atoms with E-state index in [1.807, 2.05) is 25.2 Å².